The molecule has 0 aliphatic rings. The first-order chi connectivity index (χ1) is 10.5. The number of carbonyl (C=O) groups is 1. The Labute approximate surface area is 127 Å². The molecule has 0 bridgehead atoms. The number of carboxylic acid groups (broad SMARTS) is 1. The number of rotatable bonds is 5. The standard InChI is InChI=1S/C16H16N2O4/c1-10(14-8-7-13(22-2)9-15(14)19)17-18-12-5-3-11(4-6-12)16(20)21/h3-9,18-19H,1-2H3,(H,20,21)/p-1/b17-10+. The Kier molecular flexibility index (Phi) is 4.63. The molecule has 22 heavy (non-hydrogen) atoms. The third-order valence-electron chi connectivity index (χ3n) is 3.06. The average molecular weight is 299 g/mol. The average Bonchev–Trinajstić information content (AvgIpc) is 2.52. The molecule has 0 radical (unpaired) electrons. The fourth-order valence-corrected chi connectivity index (χ4v) is 1.82. The molecule has 0 saturated carbocycles. The zero-order chi connectivity index (χ0) is 16.1. The van der Waals surface area contributed by atoms with Crippen LogP contribution in [0.2, 0.25) is 0 Å². The number of hydrogen-bond acceptors (Lipinski definition) is 5. The van der Waals surface area contributed by atoms with Gasteiger partial charge in [-0.25, -0.2) is 4.79 Å². The minimum absolute atomic E-state index is 0.177. The summed E-state index contributed by atoms with van der Waals surface area (Å²) in [7, 11) is 1.50. The Morgan fingerprint density at radius 1 is 1.23 bits per heavy atom. The minimum atomic E-state index is -0.986. The Hall–Kier alpha value is -3.02. The number of hydrogen-bond donors (Lipinski definition) is 2. The van der Waals surface area contributed by atoms with Crippen LogP contribution in [0.1, 0.15) is 22.8 Å². The van der Waals surface area contributed by atoms with Crippen LogP contribution in [0.5, 0.6) is 11.5 Å². The Balaban J connectivity index is 2.14. The zero-order valence-corrected chi connectivity index (χ0v) is 12.2. The van der Waals surface area contributed by atoms with E-state index in [-0.39, 0.29) is 11.3 Å². The van der Waals surface area contributed by atoms with Crippen LogP contribution in [0.15, 0.2) is 47.6 Å². The van der Waals surface area contributed by atoms with Crippen molar-refractivity contribution in [3.05, 3.63) is 53.6 Å². The summed E-state index contributed by atoms with van der Waals surface area (Å²) in [5, 5.41) is 24.9. The molecule has 0 heterocycles. The van der Waals surface area contributed by atoms with E-state index in [0.717, 1.165) is 0 Å². The van der Waals surface area contributed by atoms with E-state index >= 15 is 0 Å². The Morgan fingerprint density at radius 3 is 2.45 bits per heavy atom. The lowest BCUT2D eigenvalue weighted by molar-refractivity contribution is -0.268. The molecule has 0 saturated heterocycles. The summed E-state index contributed by atoms with van der Waals surface area (Å²) < 4.78 is 4.99. The Morgan fingerprint density at radius 2 is 1.91 bits per heavy atom. The third-order valence-corrected chi connectivity index (χ3v) is 3.06. The van der Waals surface area contributed by atoms with E-state index in [1.807, 2.05) is 0 Å². The second-order valence-corrected chi connectivity index (χ2v) is 4.55. The predicted octanol–water partition coefficient (Wildman–Crippen LogP) is 2.30. The van der Waals surface area contributed by atoms with E-state index in [4.69, 9.17) is 9.84 Å². The highest BCUT2D eigenvalue weighted by Crippen LogP contribution is 2.21. The molecular formula is C16H15N2O4-. The van der Waals surface area contributed by atoms with Gasteiger partial charge in [-0.05, 0) is 48.9 Å². The molecule has 6 nitrogen and oxygen atoms in total. The molecule has 2 N–H and O–H groups in total. The number of methoxy groups -OCH3 is 1. The maximum absolute atomic E-state index is 11.9. The van der Waals surface area contributed by atoms with E-state index in [0.29, 0.717) is 22.7 Å². The number of ether oxygens (including phenoxy) is 1. The van der Waals surface area contributed by atoms with Crippen molar-refractivity contribution in [2.45, 2.75) is 6.92 Å². The lowest BCUT2D eigenvalue weighted by Crippen LogP contribution is -2.05. The monoisotopic (exact) mass is 299 g/mol. The first-order valence-corrected chi connectivity index (χ1v) is 6.50. The van der Waals surface area contributed by atoms with Gasteiger partial charge >= 0.3 is 5.97 Å². The number of nitrogens with one attached hydrogen (secondary N) is 1. The van der Waals surface area contributed by atoms with Gasteiger partial charge in [0, 0.05) is 0 Å². The van der Waals surface area contributed by atoms with Crippen LogP contribution in [0.4, 0.5) is 5.69 Å². The highest BCUT2D eigenvalue weighted by atomic mass is 16.5. The van der Waals surface area contributed by atoms with Crippen molar-refractivity contribution in [2.75, 3.05) is 12.5 Å². The van der Waals surface area contributed by atoms with Crippen molar-refractivity contribution in [3.63, 3.8) is 0 Å². The highest BCUT2D eigenvalue weighted by Gasteiger charge is 2.03. The normalized spacial score (nSPS) is 11.1. The predicted molar refractivity (Wildman–Crippen MR) is 81.7 cm³/mol. The summed E-state index contributed by atoms with van der Waals surface area (Å²) in [6.45, 7) is 1.71. The molecule has 0 aliphatic heterocycles. The van der Waals surface area contributed by atoms with Crippen LogP contribution in [-0.4, -0.2) is 23.9 Å². The number of aromatic carboxylic acids is 1. The van der Waals surface area contributed by atoms with Crippen molar-refractivity contribution < 1.29 is 19.7 Å². The number of nitrogens with zero attached hydrogens (tertiary/aromatic N) is 1. The SMILES string of the molecule is COc1ccc(/C(C)=N/Nc2ccc(C(=O)O)cc2)c([O-])c1. The topological polar surface area (TPSA) is 94.0 Å². The van der Waals surface area contributed by atoms with Crippen molar-refractivity contribution in [1.82, 2.24) is 0 Å². The second kappa shape index (κ2) is 6.62. The molecule has 2 rings (SSSR count). The van der Waals surface area contributed by atoms with Crippen LogP contribution < -0.4 is 15.3 Å². The van der Waals surface area contributed by atoms with Gasteiger partial charge in [-0.1, -0.05) is 11.8 Å². The zero-order valence-electron chi connectivity index (χ0n) is 12.2. The van der Waals surface area contributed by atoms with E-state index in [1.54, 1.807) is 31.2 Å². The van der Waals surface area contributed by atoms with E-state index in [9.17, 15) is 9.90 Å². The highest BCUT2D eigenvalue weighted by molar-refractivity contribution is 6.01. The lowest BCUT2D eigenvalue weighted by atomic mass is 10.1. The van der Waals surface area contributed by atoms with Gasteiger partial charge in [0.15, 0.2) is 0 Å². The first kappa shape index (κ1) is 15.4. The van der Waals surface area contributed by atoms with Crippen LogP contribution in [0, 0.1) is 0 Å². The molecule has 114 valence electrons. The van der Waals surface area contributed by atoms with E-state index in [2.05, 4.69) is 10.5 Å². The summed E-state index contributed by atoms with van der Waals surface area (Å²) in [5.74, 6) is -0.664. The lowest BCUT2D eigenvalue weighted by Gasteiger charge is -2.14. The summed E-state index contributed by atoms with van der Waals surface area (Å²) in [4.78, 5) is 10.8. The molecular weight excluding hydrogens is 284 g/mol. The molecule has 0 amide bonds. The number of benzene rings is 2. The fraction of sp³-hybridized carbons (Fsp3) is 0.125. The first-order valence-electron chi connectivity index (χ1n) is 6.50. The largest absolute Gasteiger partial charge is 0.872 e. The van der Waals surface area contributed by atoms with Crippen molar-refractivity contribution >= 4 is 17.4 Å². The van der Waals surface area contributed by atoms with Crippen molar-refractivity contribution in [3.8, 4) is 11.5 Å². The molecule has 0 atom stereocenters. The minimum Gasteiger partial charge on any atom is -0.872 e. The van der Waals surface area contributed by atoms with Crippen LogP contribution in [-0.2, 0) is 0 Å². The van der Waals surface area contributed by atoms with Crippen LogP contribution >= 0.6 is 0 Å². The van der Waals surface area contributed by atoms with Gasteiger partial charge < -0.3 is 14.9 Å². The smallest absolute Gasteiger partial charge is 0.335 e. The maximum Gasteiger partial charge on any atom is 0.335 e. The molecule has 6 heteroatoms. The number of hydrazone groups is 1. The molecule has 0 spiro atoms. The van der Waals surface area contributed by atoms with Crippen LogP contribution in [0.3, 0.4) is 0 Å². The molecule has 2 aromatic rings. The summed E-state index contributed by atoms with van der Waals surface area (Å²) in [6.07, 6.45) is 0. The summed E-state index contributed by atoms with van der Waals surface area (Å²) >= 11 is 0. The Bertz CT molecular complexity index is 709. The van der Waals surface area contributed by atoms with E-state index in [1.165, 1.54) is 25.3 Å². The van der Waals surface area contributed by atoms with Gasteiger partial charge in [-0.2, -0.15) is 5.10 Å². The quantitative estimate of drug-likeness (QED) is 0.652. The molecule has 0 fully saturated rings. The van der Waals surface area contributed by atoms with E-state index < -0.39 is 5.97 Å². The van der Waals surface area contributed by atoms with Gasteiger partial charge in [0.1, 0.15) is 5.75 Å². The fourth-order valence-electron chi connectivity index (χ4n) is 1.82. The summed E-state index contributed by atoms with van der Waals surface area (Å²) in [6, 6.07) is 10.9. The molecule has 2 aromatic carbocycles. The van der Waals surface area contributed by atoms with Gasteiger partial charge in [0.05, 0.1) is 24.1 Å². The molecule has 0 aliphatic carbocycles. The van der Waals surface area contributed by atoms with Gasteiger partial charge in [-0.15, -0.1) is 0 Å². The van der Waals surface area contributed by atoms with Crippen molar-refractivity contribution in [2.24, 2.45) is 5.10 Å². The van der Waals surface area contributed by atoms with Gasteiger partial charge in [0.25, 0.3) is 0 Å². The number of carboxylic acids is 1. The van der Waals surface area contributed by atoms with Crippen molar-refractivity contribution in [1.29, 1.82) is 0 Å². The van der Waals surface area contributed by atoms with Crippen LogP contribution in [0.25, 0.3) is 0 Å². The third kappa shape index (κ3) is 3.54. The second-order valence-electron chi connectivity index (χ2n) is 4.55. The molecule has 0 unspecified atom stereocenters. The van der Waals surface area contributed by atoms with Gasteiger partial charge in [0.2, 0.25) is 0 Å². The maximum atomic E-state index is 11.9. The molecule has 0 aromatic heterocycles. The number of anilines is 1. The summed E-state index contributed by atoms with van der Waals surface area (Å²) in [5.41, 5.74) is 4.61. The van der Waals surface area contributed by atoms with Gasteiger partial charge in [-0.3, -0.25) is 5.43 Å².